The highest BCUT2D eigenvalue weighted by atomic mass is 16.5. The maximum absolute atomic E-state index is 11.7. The first-order chi connectivity index (χ1) is 8.70. The smallest absolute Gasteiger partial charge is 0.323 e. The minimum atomic E-state index is -0.158. The average Bonchev–Trinajstić information content (AvgIpc) is 2.38. The molecule has 1 saturated heterocycles. The van der Waals surface area contributed by atoms with Gasteiger partial charge in [0.25, 0.3) is 0 Å². The highest BCUT2D eigenvalue weighted by Gasteiger charge is 2.29. The van der Waals surface area contributed by atoms with Crippen molar-refractivity contribution >= 4 is 5.97 Å². The Labute approximate surface area is 107 Å². The number of phenols is 1. The van der Waals surface area contributed by atoms with Gasteiger partial charge >= 0.3 is 5.97 Å². The molecule has 0 amide bonds. The highest BCUT2D eigenvalue weighted by Crippen LogP contribution is 2.21. The maximum Gasteiger partial charge on any atom is 0.323 e. The van der Waals surface area contributed by atoms with Crippen molar-refractivity contribution in [2.75, 3.05) is 13.7 Å². The van der Waals surface area contributed by atoms with Gasteiger partial charge in [0.2, 0.25) is 0 Å². The number of phenolic OH excluding ortho intramolecular Hbond substituents is 1. The summed E-state index contributed by atoms with van der Waals surface area (Å²) in [5.74, 6) is 0.106. The zero-order valence-electron chi connectivity index (χ0n) is 10.6. The van der Waals surface area contributed by atoms with Gasteiger partial charge in [0.05, 0.1) is 7.11 Å². The number of carbonyl (C=O) groups excluding carboxylic acids is 1. The van der Waals surface area contributed by atoms with Gasteiger partial charge in [-0.15, -0.1) is 0 Å². The molecule has 1 heterocycles. The van der Waals surface area contributed by atoms with Crippen LogP contribution < -0.4 is 0 Å². The zero-order chi connectivity index (χ0) is 13.0. The summed E-state index contributed by atoms with van der Waals surface area (Å²) in [5.41, 5.74) is 1.02. The van der Waals surface area contributed by atoms with Gasteiger partial charge in [-0.2, -0.15) is 0 Å². The molecule has 1 aromatic carbocycles. The molecule has 18 heavy (non-hydrogen) atoms. The minimum Gasteiger partial charge on any atom is -0.508 e. The Bertz CT molecular complexity index is 419. The summed E-state index contributed by atoms with van der Waals surface area (Å²) in [6.45, 7) is 1.57. The number of esters is 1. The highest BCUT2D eigenvalue weighted by molar-refractivity contribution is 5.75. The van der Waals surface area contributed by atoms with Crippen LogP contribution in [0.5, 0.6) is 5.75 Å². The quantitative estimate of drug-likeness (QED) is 0.831. The summed E-state index contributed by atoms with van der Waals surface area (Å²) >= 11 is 0. The van der Waals surface area contributed by atoms with Crippen molar-refractivity contribution in [2.45, 2.75) is 31.8 Å². The molecule has 1 N–H and O–H groups in total. The Balaban J connectivity index is 2.07. The third kappa shape index (κ3) is 3.01. The van der Waals surface area contributed by atoms with Gasteiger partial charge in [-0.3, -0.25) is 9.69 Å². The Kier molecular flexibility index (Phi) is 4.20. The van der Waals surface area contributed by atoms with Crippen LogP contribution in [0.3, 0.4) is 0 Å². The number of ether oxygens (including phenoxy) is 1. The van der Waals surface area contributed by atoms with Crippen LogP contribution >= 0.6 is 0 Å². The molecule has 4 nitrogen and oxygen atoms in total. The summed E-state index contributed by atoms with van der Waals surface area (Å²) < 4.78 is 4.85. The molecule has 1 unspecified atom stereocenters. The number of nitrogens with zero attached hydrogens (tertiary/aromatic N) is 1. The van der Waals surface area contributed by atoms with Crippen LogP contribution in [0.4, 0.5) is 0 Å². The van der Waals surface area contributed by atoms with Crippen LogP contribution in [0.15, 0.2) is 24.3 Å². The van der Waals surface area contributed by atoms with E-state index >= 15 is 0 Å². The average molecular weight is 249 g/mol. The monoisotopic (exact) mass is 249 g/mol. The predicted octanol–water partition coefficient (Wildman–Crippen LogP) is 1.92. The van der Waals surface area contributed by atoms with Gasteiger partial charge in [0, 0.05) is 6.54 Å². The Morgan fingerprint density at radius 3 is 3.06 bits per heavy atom. The van der Waals surface area contributed by atoms with E-state index in [-0.39, 0.29) is 17.8 Å². The molecular formula is C14H19NO3. The van der Waals surface area contributed by atoms with E-state index in [1.165, 1.54) is 7.11 Å². The molecule has 1 aliphatic rings. The summed E-state index contributed by atoms with van der Waals surface area (Å²) in [6.07, 6.45) is 3.02. The second-order valence-electron chi connectivity index (χ2n) is 4.68. The predicted molar refractivity (Wildman–Crippen MR) is 68.2 cm³/mol. The van der Waals surface area contributed by atoms with Crippen LogP contribution in [0, 0.1) is 0 Å². The summed E-state index contributed by atoms with van der Waals surface area (Å²) in [4.78, 5) is 13.9. The second-order valence-corrected chi connectivity index (χ2v) is 4.68. The van der Waals surface area contributed by atoms with E-state index in [1.807, 2.05) is 12.1 Å². The fourth-order valence-electron chi connectivity index (χ4n) is 2.47. The molecule has 0 spiro atoms. The molecule has 1 aromatic rings. The molecule has 0 aromatic heterocycles. The Hall–Kier alpha value is -1.55. The molecule has 1 fully saturated rings. The maximum atomic E-state index is 11.7. The van der Waals surface area contributed by atoms with Crippen molar-refractivity contribution in [3.8, 4) is 5.75 Å². The van der Waals surface area contributed by atoms with Crippen LogP contribution in [0.1, 0.15) is 24.8 Å². The third-order valence-electron chi connectivity index (χ3n) is 3.38. The van der Waals surface area contributed by atoms with E-state index in [0.717, 1.165) is 31.4 Å². The van der Waals surface area contributed by atoms with Gasteiger partial charge < -0.3 is 9.84 Å². The molecule has 0 saturated carbocycles. The molecule has 0 radical (unpaired) electrons. The lowest BCUT2D eigenvalue weighted by molar-refractivity contribution is -0.148. The number of hydrogen-bond acceptors (Lipinski definition) is 4. The molecule has 0 aliphatic carbocycles. The van der Waals surface area contributed by atoms with E-state index in [0.29, 0.717) is 6.54 Å². The third-order valence-corrected chi connectivity index (χ3v) is 3.38. The molecule has 2 rings (SSSR count). The van der Waals surface area contributed by atoms with Gasteiger partial charge in [-0.1, -0.05) is 18.6 Å². The van der Waals surface area contributed by atoms with E-state index in [1.54, 1.807) is 12.1 Å². The standard InChI is InChI=1S/C14H19NO3/c1-18-14(17)13-7-2-3-8-15(13)10-11-5-4-6-12(16)9-11/h4-6,9,13,16H,2-3,7-8,10H2,1H3. The molecule has 98 valence electrons. The lowest BCUT2D eigenvalue weighted by Crippen LogP contribution is -2.44. The summed E-state index contributed by atoms with van der Waals surface area (Å²) in [5, 5.41) is 9.45. The number of rotatable bonds is 3. The largest absolute Gasteiger partial charge is 0.508 e. The number of likely N-dealkylation sites (tertiary alicyclic amines) is 1. The lowest BCUT2D eigenvalue weighted by Gasteiger charge is -2.33. The first-order valence-electron chi connectivity index (χ1n) is 6.30. The lowest BCUT2D eigenvalue weighted by atomic mass is 10.0. The Morgan fingerprint density at radius 2 is 2.33 bits per heavy atom. The normalized spacial score (nSPS) is 20.6. The van der Waals surface area contributed by atoms with E-state index in [9.17, 15) is 9.90 Å². The molecule has 4 heteroatoms. The molecular weight excluding hydrogens is 230 g/mol. The number of benzene rings is 1. The number of methoxy groups -OCH3 is 1. The van der Waals surface area contributed by atoms with E-state index in [4.69, 9.17) is 4.74 Å². The van der Waals surface area contributed by atoms with E-state index < -0.39 is 0 Å². The van der Waals surface area contributed by atoms with Crippen LogP contribution in [0.2, 0.25) is 0 Å². The summed E-state index contributed by atoms with van der Waals surface area (Å²) in [6, 6.07) is 7.02. The molecule has 1 aliphatic heterocycles. The van der Waals surface area contributed by atoms with Crippen LogP contribution in [0.25, 0.3) is 0 Å². The first kappa shape index (κ1) is 12.9. The van der Waals surface area contributed by atoms with Crippen molar-refractivity contribution in [1.82, 2.24) is 4.90 Å². The van der Waals surface area contributed by atoms with Gasteiger partial charge in [0.15, 0.2) is 0 Å². The molecule has 1 atom stereocenters. The summed E-state index contributed by atoms with van der Waals surface area (Å²) in [7, 11) is 1.43. The fourth-order valence-corrected chi connectivity index (χ4v) is 2.47. The first-order valence-corrected chi connectivity index (χ1v) is 6.30. The number of carbonyl (C=O) groups is 1. The van der Waals surface area contributed by atoms with Crippen molar-refractivity contribution in [1.29, 1.82) is 0 Å². The topological polar surface area (TPSA) is 49.8 Å². The van der Waals surface area contributed by atoms with Gasteiger partial charge in [-0.25, -0.2) is 0 Å². The number of aromatic hydroxyl groups is 1. The van der Waals surface area contributed by atoms with Crippen LogP contribution in [-0.4, -0.2) is 35.7 Å². The second kappa shape index (κ2) is 5.87. The van der Waals surface area contributed by atoms with Gasteiger partial charge in [0.1, 0.15) is 11.8 Å². The number of hydrogen-bond donors (Lipinski definition) is 1. The van der Waals surface area contributed by atoms with Crippen molar-refractivity contribution < 1.29 is 14.6 Å². The van der Waals surface area contributed by atoms with Crippen LogP contribution in [-0.2, 0) is 16.1 Å². The SMILES string of the molecule is COC(=O)C1CCCCN1Cc1cccc(O)c1. The van der Waals surface area contributed by atoms with Crippen molar-refractivity contribution in [3.63, 3.8) is 0 Å². The van der Waals surface area contributed by atoms with Crippen molar-refractivity contribution in [2.24, 2.45) is 0 Å². The van der Waals surface area contributed by atoms with Crippen molar-refractivity contribution in [3.05, 3.63) is 29.8 Å². The Morgan fingerprint density at radius 1 is 1.50 bits per heavy atom. The zero-order valence-corrected chi connectivity index (χ0v) is 10.6. The fraction of sp³-hybridized carbons (Fsp3) is 0.500. The van der Waals surface area contributed by atoms with Gasteiger partial charge in [-0.05, 0) is 37.1 Å². The minimum absolute atomic E-state index is 0.147. The van der Waals surface area contributed by atoms with E-state index in [2.05, 4.69) is 4.90 Å². The molecule has 0 bridgehead atoms. The number of piperidine rings is 1.